The Bertz CT molecular complexity index is 528. The highest BCUT2D eigenvalue weighted by atomic mass is 16.4. The Morgan fingerprint density at radius 2 is 2.05 bits per heavy atom. The smallest absolute Gasteiger partial charge is 0.307 e. The number of rotatable bonds is 5. The lowest BCUT2D eigenvalue weighted by molar-refractivity contribution is -0.136. The van der Waals surface area contributed by atoms with Crippen molar-refractivity contribution in [3.05, 3.63) is 35.4 Å². The maximum Gasteiger partial charge on any atom is 0.307 e. The van der Waals surface area contributed by atoms with Crippen molar-refractivity contribution < 1.29 is 14.7 Å². The summed E-state index contributed by atoms with van der Waals surface area (Å²) in [6.07, 6.45) is 0.0164. The van der Waals surface area contributed by atoms with E-state index >= 15 is 0 Å². The van der Waals surface area contributed by atoms with E-state index in [9.17, 15) is 9.59 Å². The molecule has 0 aromatic heterocycles. The summed E-state index contributed by atoms with van der Waals surface area (Å²) in [5, 5.41) is 11.9. The normalized spacial score (nSPS) is 19.6. The summed E-state index contributed by atoms with van der Waals surface area (Å²) in [7, 11) is 0. The van der Waals surface area contributed by atoms with Gasteiger partial charge in [0.25, 0.3) is 0 Å². The number of carbonyl (C=O) groups excluding carboxylic acids is 1. The molecule has 2 rings (SSSR count). The average Bonchev–Trinajstić information content (AvgIpc) is 2.40. The third kappa shape index (κ3) is 3.82. The van der Waals surface area contributed by atoms with Crippen LogP contribution < -0.4 is 5.32 Å². The van der Waals surface area contributed by atoms with Crippen molar-refractivity contribution >= 4 is 11.9 Å². The van der Waals surface area contributed by atoms with E-state index in [1.54, 1.807) is 0 Å². The predicted molar refractivity (Wildman–Crippen MR) is 79.8 cm³/mol. The molecule has 0 bridgehead atoms. The number of hydrogen-bond acceptors (Lipinski definition) is 3. The van der Waals surface area contributed by atoms with E-state index in [2.05, 4.69) is 10.2 Å². The Balaban J connectivity index is 2.20. The summed E-state index contributed by atoms with van der Waals surface area (Å²) in [6, 6.07) is 7.40. The molecule has 1 fully saturated rings. The van der Waals surface area contributed by atoms with Gasteiger partial charge in [-0.05, 0) is 17.0 Å². The van der Waals surface area contributed by atoms with Crippen molar-refractivity contribution in [3.63, 3.8) is 0 Å². The summed E-state index contributed by atoms with van der Waals surface area (Å²) in [6.45, 7) is 6.11. The number of carbonyl (C=O) groups is 2. The summed E-state index contributed by atoms with van der Waals surface area (Å²) < 4.78 is 0. The molecule has 1 saturated heterocycles. The lowest BCUT2D eigenvalue weighted by Gasteiger charge is -2.37. The van der Waals surface area contributed by atoms with Crippen LogP contribution in [0.4, 0.5) is 0 Å². The molecule has 1 aliphatic rings. The van der Waals surface area contributed by atoms with Gasteiger partial charge in [-0.1, -0.05) is 38.1 Å². The van der Waals surface area contributed by atoms with Crippen LogP contribution in [0.5, 0.6) is 0 Å². The summed E-state index contributed by atoms with van der Waals surface area (Å²) in [5.41, 5.74) is 1.80. The average molecular weight is 290 g/mol. The Hall–Kier alpha value is -1.88. The molecule has 1 unspecified atom stereocenters. The molecule has 5 nitrogen and oxygen atoms in total. The van der Waals surface area contributed by atoms with Crippen LogP contribution in [0.3, 0.4) is 0 Å². The van der Waals surface area contributed by atoms with Crippen LogP contribution in [0, 0.1) is 5.92 Å². The van der Waals surface area contributed by atoms with Crippen LogP contribution in [0.25, 0.3) is 0 Å². The van der Waals surface area contributed by atoms with Gasteiger partial charge < -0.3 is 10.4 Å². The zero-order valence-corrected chi connectivity index (χ0v) is 12.5. The fourth-order valence-corrected chi connectivity index (χ4v) is 2.90. The topological polar surface area (TPSA) is 69.6 Å². The standard InChI is InChI=1S/C16H22N2O3/c1-11(2)15-16(21)17-7-8-18(15)10-13-6-4-3-5-12(13)9-14(19)20/h3-6,11,15H,7-10H2,1-2H3,(H,17,21)(H,19,20). The molecule has 1 atom stereocenters. The first-order chi connectivity index (χ1) is 9.99. The zero-order chi connectivity index (χ0) is 15.4. The van der Waals surface area contributed by atoms with Gasteiger partial charge in [0.2, 0.25) is 5.91 Å². The third-order valence-electron chi connectivity index (χ3n) is 3.83. The maximum absolute atomic E-state index is 12.1. The van der Waals surface area contributed by atoms with Crippen molar-refractivity contribution in [2.24, 2.45) is 5.92 Å². The second kappa shape index (κ2) is 6.72. The number of carboxylic acid groups (broad SMARTS) is 1. The Labute approximate surface area is 125 Å². The molecule has 21 heavy (non-hydrogen) atoms. The van der Waals surface area contributed by atoms with E-state index in [1.807, 2.05) is 38.1 Å². The maximum atomic E-state index is 12.1. The number of piperazine rings is 1. The van der Waals surface area contributed by atoms with E-state index in [0.717, 1.165) is 17.7 Å². The van der Waals surface area contributed by atoms with Gasteiger partial charge in [0.05, 0.1) is 12.5 Å². The highest BCUT2D eigenvalue weighted by Crippen LogP contribution is 2.19. The first-order valence-corrected chi connectivity index (χ1v) is 7.29. The molecule has 5 heteroatoms. The summed E-state index contributed by atoms with van der Waals surface area (Å²) >= 11 is 0. The van der Waals surface area contributed by atoms with Gasteiger partial charge in [-0.3, -0.25) is 14.5 Å². The van der Waals surface area contributed by atoms with Gasteiger partial charge in [0.1, 0.15) is 0 Å². The molecule has 0 saturated carbocycles. The second-order valence-electron chi connectivity index (χ2n) is 5.79. The molecule has 1 aliphatic heterocycles. The number of hydrogen-bond donors (Lipinski definition) is 2. The van der Waals surface area contributed by atoms with Crippen LogP contribution in [0.2, 0.25) is 0 Å². The van der Waals surface area contributed by atoms with Crippen molar-refractivity contribution in [2.75, 3.05) is 13.1 Å². The lowest BCUT2D eigenvalue weighted by Crippen LogP contribution is -2.56. The Morgan fingerprint density at radius 1 is 1.38 bits per heavy atom. The summed E-state index contributed by atoms with van der Waals surface area (Å²) in [4.78, 5) is 25.2. The van der Waals surface area contributed by atoms with Gasteiger partial charge in [0, 0.05) is 19.6 Å². The lowest BCUT2D eigenvalue weighted by atomic mass is 9.97. The fraction of sp³-hybridized carbons (Fsp3) is 0.500. The van der Waals surface area contributed by atoms with E-state index in [1.165, 1.54) is 0 Å². The number of nitrogens with zero attached hydrogens (tertiary/aromatic N) is 1. The number of aliphatic carboxylic acids is 1. The van der Waals surface area contributed by atoms with Gasteiger partial charge in [-0.25, -0.2) is 0 Å². The van der Waals surface area contributed by atoms with E-state index < -0.39 is 5.97 Å². The number of amides is 1. The number of nitrogens with one attached hydrogen (secondary N) is 1. The molecule has 1 heterocycles. The summed E-state index contributed by atoms with van der Waals surface area (Å²) in [5.74, 6) is -0.553. The molecule has 114 valence electrons. The molecule has 0 aliphatic carbocycles. The van der Waals surface area contributed by atoms with Gasteiger partial charge >= 0.3 is 5.97 Å². The van der Waals surface area contributed by atoms with Crippen LogP contribution >= 0.6 is 0 Å². The van der Waals surface area contributed by atoms with Crippen LogP contribution in [0.1, 0.15) is 25.0 Å². The monoisotopic (exact) mass is 290 g/mol. The highest BCUT2D eigenvalue weighted by molar-refractivity contribution is 5.82. The predicted octanol–water partition coefficient (Wildman–Crippen LogP) is 1.27. The van der Waals surface area contributed by atoms with Crippen molar-refractivity contribution in [1.29, 1.82) is 0 Å². The van der Waals surface area contributed by atoms with E-state index in [4.69, 9.17) is 5.11 Å². The van der Waals surface area contributed by atoms with E-state index in [0.29, 0.717) is 13.1 Å². The van der Waals surface area contributed by atoms with Crippen molar-refractivity contribution in [1.82, 2.24) is 10.2 Å². The minimum absolute atomic E-state index is 0.0164. The van der Waals surface area contributed by atoms with Crippen LogP contribution in [0.15, 0.2) is 24.3 Å². The minimum Gasteiger partial charge on any atom is -0.481 e. The fourth-order valence-electron chi connectivity index (χ4n) is 2.90. The van der Waals surface area contributed by atoms with Crippen LogP contribution in [-0.2, 0) is 22.6 Å². The largest absolute Gasteiger partial charge is 0.481 e. The van der Waals surface area contributed by atoms with Gasteiger partial charge in [0.15, 0.2) is 0 Å². The number of carboxylic acids is 1. The number of benzene rings is 1. The third-order valence-corrected chi connectivity index (χ3v) is 3.83. The first-order valence-electron chi connectivity index (χ1n) is 7.29. The first kappa shape index (κ1) is 15.5. The zero-order valence-electron chi connectivity index (χ0n) is 12.5. The second-order valence-corrected chi connectivity index (χ2v) is 5.79. The molecule has 0 spiro atoms. The molecule has 1 aromatic carbocycles. The van der Waals surface area contributed by atoms with Crippen molar-refractivity contribution in [2.45, 2.75) is 32.9 Å². The van der Waals surface area contributed by atoms with Gasteiger partial charge in [-0.2, -0.15) is 0 Å². The Kier molecular flexibility index (Phi) is 4.96. The molecule has 2 N–H and O–H groups in total. The van der Waals surface area contributed by atoms with Crippen LogP contribution in [-0.4, -0.2) is 41.0 Å². The minimum atomic E-state index is -0.834. The molecule has 1 aromatic rings. The quantitative estimate of drug-likeness (QED) is 0.857. The Morgan fingerprint density at radius 3 is 2.67 bits per heavy atom. The molecule has 1 amide bonds. The van der Waals surface area contributed by atoms with E-state index in [-0.39, 0.29) is 24.3 Å². The SMILES string of the molecule is CC(C)C1C(=O)NCCN1Cc1ccccc1CC(=O)O. The molecular formula is C16H22N2O3. The molecular weight excluding hydrogens is 268 g/mol. The van der Waals surface area contributed by atoms with Crippen molar-refractivity contribution in [3.8, 4) is 0 Å². The van der Waals surface area contributed by atoms with Gasteiger partial charge in [-0.15, -0.1) is 0 Å². The highest BCUT2D eigenvalue weighted by Gasteiger charge is 2.32. The molecule has 0 radical (unpaired) electrons.